The molecule has 0 saturated heterocycles. The molecule has 0 aromatic rings. The van der Waals surface area contributed by atoms with Crippen LogP contribution in [0.5, 0.6) is 0 Å². The fourth-order valence-electron chi connectivity index (χ4n) is 0.586. The zero-order chi connectivity index (χ0) is 9.45. The molecule has 12 heavy (non-hydrogen) atoms. The van der Waals surface area contributed by atoms with Gasteiger partial charge in [-0.3, -0.25) is 4.74 Å². The molecule has 0 aromatic heterocycles. The SMILES string of the molecule is CCOC([O])(OC)OCCOC. The van der Waals surface area contributed by atoms with E-state index in [-0.39, 0.29) is 13.2 Å². The first-order valence-corrected chi connectivity index (χ1v) is 3.71. The Hall–Kier alpha value is -0.200. The highest BCUT2D eigenvalue weighted by Crippen LogP contribution is 2.10. The highest BCUT2D eigenvalue weighted by atomic mass is 17.0. The zero-order valence-corrected chi connectivity index (χ0v) is 7.66. The van der Waals surface area contributed by atoms with Gasteiger partial charge in [0.15, 0.2) is 0 Å². The van der Waals surface area contributed by atoms with Crippen LogP contribution in [0.15, 0.2) is 0 Å². The fourth-order valence-corrected chi connectivity index (χ4v) is 0.586. The second-order valence-corrected chi connectivity index (χ2v) is 1.98. The molecule has 0 amide bonds. The molecular weight excluding hydrogens is 164 g/mol. The molecule has 0 heterocycles. The van der Waals surface area contributed by atoms with E-state index < -0.39 is 6.16 Å². The molecule has 0 saturated carbocycles. The second kappa shape index (κ2) is 6.33. The van der Waals surface area contributed by atoms with E-state index in [4.69, 9.17) is 4.74 Å². The lowest BCUT2D eigenvalue weighted by atomic mass is 10.7. The number of rotatable bonds is 7. The largest absolute Gasteiger partial charge is 0.439 e. The summed E-state index contributed by atoms with van der Waals surface area (Å²) < 4.78 is 18.6. The van der Waals surface area contributed by atoms with Crippen molar-refractivity contribution in [3.8, 4) is 0 Å². The summed E-state index contributed by atoms with van der Waals surface area (Å²) in [5, 5.41) is 11.2. The molecule has 1 unspecified atom stereocenters. The Morgan fingerprint density at radius 1 is 1.17 bits per heavy atom. The van der Waals surface area contributed by atoms with Gasteiger partial charge in [-0.1, -0.05) is 0 Å². The van der Waals surface area contributed by atoms with Gasteiger partial charge in [0.25, 0.3) is 0 Å². The lowest BCUT2D eigenvalue weighted by molar-refractivity contribution is -0.501. The highest BCUT2D eigenvalue weighted by Gasteiger charge is 2.30. The maximum absolute atomic E-state index is 11.2. The normalized spacial score (nSPS) is 16.0. The van der Waals surface area contributed by atoms with Gasteiger partial charge in [-0.2, -0.15) is 0 Å². The van der Waals surface area contributed by atoms with Gasteiger partial charge < -0.3 is 14.2 Å². The highest BCUT2D eigenvalue weighted by molar-refractivity contribution is 4.35. The van der Waals surface area contributed by atoms with Crippen LogP contribution in [-0.4, -0.2) is 40.2 Å². The lowest BCUT2D eigenvalue weighted by Crippen LogP contribution is -2.37. The summed E-state index contributed by atoms with van der Waals surface area (Å²) in [5.41, 5.74) is 0. The van der Waals surface area contributed by atoms with Gasteiger partial charge in [-0.15, -0.1) is 5.11 Å². The van der Waals surface area contributed by atoms with Crippen molar-refractivity contribution in [1.29, 1.82) is 0 Å². The minimum absolute atomic E-state index is 0.147. The van der Waals surface area contributed by atoms with Crippen LogP contribution in [0.1, 0.15) is 6.92 Å². The minimum atomic E-state index is -2.19. The third-order valence-electron chi connectivity index (χ3n) is 1.14. The summed E-state index contributed by atoms with van der Waals surface area (Å²) in [6.45, 7) is 2.41. The summed E-state index contributed by atoms with van der Waals surface area (Å²) >= 11 is 0. The van der Waals surface area contributed by atoms with E-state index in [2.05, 4.69) is 14.2 Å². The van der Waals surface area contributed by atoms with Crippen LogP contribution in [0, 0.1) is 0 Å². The number of hydrogen-bond donors (Lipinski definition) is 0. The second-order valence-electron chi connectivity index (χ2n) is 1.98. The Bertz CT molecular complexity index is 108. The standard InChI is InChI=1S/C7H15O5/c1-4-11-7(8,10-3)12-6-5-9-2/h4-6H2,1-3H3. The van der Waals surface area contributed by atoms with E-state index in [1.165, 1.54) is 14.2 Å². The van der Waals surface area contributed by atoms with E-state index in [1.54, 1.807) is 6.92 Å². The molecular formula is C7H15O5. The maximum atomic E-state index is 11.2. The molecule has 0 rings (SSSR count). The Labute approximate surface area is 72.2 Å². The van der Waals surface area contributed by atoms with E-state index in [1.807, 2.05) is 0 Å². The molecule has 0 N–H and O–H groups in total. The van der Waals surface area contributed by atoms with Crippen LogP contribution in [0.25, 0.3) is 0 Å². The summed E-state index contributed by atoms with van der Waals surface area (Å²) in [7, 11) is 2.75. The van der Waals surface area contributed by atoms with Crippen LogP contribution < -0.4 is 0 Å². The number of hydrogen-bond acceptors (Lipinski definition) is 4. The fraction of sp³-hybridized carbons (Fsp3) is 1.00. The molecule has 0 spiro atoms. The van der Waals surface area contributed by atoms with Gasteiger partial charge in [0.2, 0.25) is 0 Å². The first kappa shape index (κ1) is 11.8. The molecule has 1 atom stereocenters. The topological polar surface area (TPSA) is 56.8 Å². The Balaban J connectivity index is 3.63. The van der Waals surface area contributed by atoms with E-state index in [0.717, 1.165) is 0 Å². The monoisotopic (exact) mass is 179 g/mol. The van der Waals surface area contributed by atoms with E-state index >= 15 is 0 Å². The van der Waals surface area contributed by atoms with Crippen molar-refractivity contribution in [3.05, 3.63) is 0 Å². The van der Waals surface area contributed by atoms with Crippen LogP contribution in [0.2, 0.25) is 0 Å². The Kier molecular flexibility index (Phi) is 6.23. The molecule has 5 heteroatoms. The van der Waals surface area contributed by atoms with Gasteiger partial charge >= 0.3 is 6.16 Å². The van der Waals surface area contributed by atoms with Gasteiger partial charge in [0, 0.05) is 14.2 Å². The molecule has 0 aliphatic carbocycles. The maximum Gasteiger partial charge on any atom is 0.439 e. The third kappa shape index (κ3) is 4.63. The molecule has 0 aliphatic heterocycles. The summed E-state index contributed by atoms with van der Waals surface area (Å²) in [6.07, 6.45) is -2.19. The first-order chi connectivity index (χ1) is 5.68. The van der Waals surface area contributed by atoms with Crippen LogP contribution >= 0.6 is 0 Å². The molecule has 0 bridgehead atoms. The van der Waals surface area contributed by atoms with Crippen molar-refractivity contribution in [2.24, 2.45) is 0 Å². The van der Waals surface area contributed by atoms with Crippen molar-refractivity contribution < 1.29 is 24.1 Å². The minimum Gasteiger partial charge on any atom is -0.382 e. The molecule has 0 aliphatic rings. The van der Waals surface area contributed by atoms with Crippen molar-refractivity contribution >= 4 is 0 Å². The van der Waals surface area contributed by atoms with Crippen molar-refractivity contribution in [2.75, 3.05) is 34.0 Å². The average Bonchev–Trinajstić information content (AvgIpc) is 2.06. The van der Waals surface area contributed by atoms with E-state index in [0.29, 0.717) is 6.61 Å². The smallest absolute Gasteiger partial charge is 0.382 e. The quantitative estimate of drug-likeness (QED) is 0.418. The number of methoxy groups -OCH3 is 2. The number of ether oxygens (including phenoxy) is 4. The summed E-state index contributed by atoms with van der Waals surface area (Å²) in [5.74, 6) is 0. The van der Waals surface area contributed by atoms with Crippen LogP contribution in [0.3, 0.4) is 0 Å². The summed E-state index contributed by atoms with van der Waals surface area (Å²) in [4.78, 5) is 0. The predicted molar refractivity (Wildman–Crippen MR) is 39.9 cm³/mol. The van der Waals surface area contributed by atoms with Gasteiger partial charge in [0.1, 0.15) is 0 Å². The van der Waals surface area contributed by atoms with Crippen molar-refractivity contribution in [2.45, 2.75) is 13.1 Å². The molecule has 0 fully saturated rings. The van der Waals surface area contributed by atoms with Gasteiger partial charge in [0.05, 0.1) is 19.8 Å². The first-order valence-electron chi connectivity index (χ1n) is 3.71. The van der Waals surface area contributed by atoms with Gasteiger partial charge in [-0.05, 0) is 6.92 Å². The molecule has 0 aromatic carbocycles. The van der Waals surface area contributed by atoms with Crippen molar-refractivity contribution in [3.63, 3.8) is 0 Å². The molecule has 5 nitrogen and oxygen atoms in total. The molecule has 73 valence electrons. The summed E-state index contributed by atoms with van der Waals surface area (Å²) in [6, 6.07) is 0. The van der Waals surface area contributed by atoms with Crippen LogP contribution in [-0.2, 0) is 24.1 Å². The van der Waals surface area contributed by atoms with Crippen molar-refractivity contribution in [1.82, 2.24) is 0 Å². The van der Waals surface area contributed by atoms with E-state index in [9.17, 15) is 5.11 Å². The Morgan fingerprint density at radius 3 is 2.25 bits per heavy atom. The third-order valence-corrected chi connectivity index (χ3v) is 1.14. The predicted octanol–water partition coefficient (Wildman–Crippen LogP) is 0.374. The lowest BCUT2D eigenvalue weighted by Gasteiger charge is -2.22. The zero-order valence-electron chi connectivity index (χ0n) is 7.66. The average molecular weight is 179 g/mol. The van der Waals surface area contributed by atoms with Gasteiger partial charge in [-0.25, -0.2) is 0 Å². The Morgan fingerprint density at radius 2 is 1.83 bits per heavy atom. The molecule has 1 radical (unpaired) electrons. The van der Waals surface area contributed by atoms with Crippen LogP contribution in [0.4, 0.5) is 0 Å².